The molecule has 3 heteroatoms. The summed E-state index contributed by atoms with van der Waals surface area (Å²) in [5.74, 6) is 2.07. The van der Waals surface area contributed by atoms with Crippen LogP contribution in [0.25, 0.3) is 0 Å². The molecule has 0 aromatic carbocycles. The lowest BCUT2D eigenvalue weighted by Gasteiger charge is -2.13. The summed E-state index contributed by atoms with van der Waals surface area (Å²) in [5, 5.41) is 0.836. The molecule has 0 saturated carbocycles. The molecule has 0 atom stereocenters. The Morgan fingerprint density at radius 2 is 1.72 bits per heavy atom. The maximum atomic E-state index is 5.45. The highest BCUT2D eigenvalue weighted by atomic mass is 32.2. The Morgan fingerprint density at radius 3 is 2.12 bits per heavy atom. The smallest absolute Gasteiger partial charge is 0.106 e. The minimum atomic E-state index is 0.733. The Labute approximate surface area is 161 Å². The monoisotopic (exact) mass is 370 g/mol. The molecule has 2 nitrogen and oxygen atoms in total. The number of aryl methyl sites for hydroxylation is 1. The molecule has 0 radical (unpaired) electrons. The van der Waals surface area contributed by atoms with E-state index in [1.807, 2.05) is 26.0 Å². The highest BCUT2D eigenvalue weighted by Crippen LogP contribution is 2.29. The standard InChI is InChI=1S/C11H22S.C9H14O2.C2H6/c1-5-9-11(8-4)12-10(6-2)7-3;1-3-8-4-5-9(11-8)6-7-10-2;1-2/h8,10H,5-7,9H2,1-4H3;4-5H,3,6-7H2,1-2H3;1-2H3/b11-8-;;. The number of methoxy groups -OCH3 is 1. The number of hydrogen-bond acceptors (Lipinski definition) is 3. The van der Waals surface area contributed by atoms with E-state index in [-0.39, 0.29) is 0 Å². The minimum absolute atomic E-state index is 0.733. The van der Waals surface area contributed by atoms with E-state index >= 15 is 0 Å². The molecule has 0 aliphatic rings. The Hall–Kier alpha value is -0.670. The van der Waals surface area contributed by atoms with E-state index in [9.17, 15) is 0 Å². The van der Waals surface area contributed by atoms with Gasteiger partial charge in [-0.05, 0) is 43.2 Å². The predicted molar refractivity (Wildman–Crippen MR) is 116 cm³/mol. The van der Waals surface area contributed by atoms with E-state index in [0.29, 0.717) is 0 Å². The zero-order chi connectivity index (χ0) is 19.5. The van der Waals surface area contributed by atoms with Gasteiger partial charge in [0.1, 0.15) is 11.5 Å². The number of rotatable bonds is 10. The summed E-state index contributed by atoms with van der Waals surface area (Å²) < 4.78 is 10.4. The van der Waals surface area contributed by atoms with Gasteiger partial charge in [-0.3, -0.25) is 0 Å². The highest BCUT2D eigenvalue weighted by Gasteiger charge is 2.05. The summed E-state index contributed by atoms with van der Waals surface area (Å²) >= 11 is 2.08. The summed E-state index contributed by atoms with van der Waals surface area (Å²) in [5.41, 5.74) is 0. The quantitative estimate of drug-likeness (QED) is 0.422. The number of hydrogen-bond donors (Lipinski definition) is 0. The average Bonchev–Trinajstić information content (AvgIpc) is 3.13. The van der Waals surface area contributed by atoms with Crippen molar-refractivity contribution >= 4 is 11.8 Å². The van der Waals surface area contributed by atoms with Gasteiger partial charge in [-0.2, -0.15) is 0 Å². The summed E-state index contributed by atoms with van der Waals surface area (Å²) in [4.78, 5) is 1.58. The van der Waals surface area contributed by atoms with Crippen LogP contribution in [0.4, 0.5) is 0 Å². The fourth-order valence-corrected chi connectivity index (χ4v) is 3.36. The van der Waals surface area contributed by atoms with Crippen LogP contribution in [0.5, 0.6) is 0 Å². The molecule has 1 rings (SSSR count). The molecule has 1 aromatic heterocycles. The van der Waals surface area contributed by atoms with Crippen LogP contribution >= 0.6 is 11.8 Å². The average molecular weight is 371 g/mol. The molecule has 0 N–H and O–H groups in total. The molecule has 0 aliphatic carbocycles. The molecule has 0 saturated heterocycles. The highest BCUT2D eigenvalue weighted by molar-refractivity contribution is 8.03. The third-order valence-electron chi connectivity index (χ3n) is 3.67. The lowest BCUT2D eigenvalue weighted by atomic mass is 10.3. The Kier molecular flexibility index (Phi) is 20.9. The van der Waals surface area contributed by atoms with Gasteiger partial charge in [0, 0.05) is 25.2 Å². The minimum Gasteiger partial charge on any atom is -0.466 e. The van der Waals surface area contributed by atoms with Gasteiger partial charge in [-0.1, -0.05) is 54.0 Å². The van der Waals surface area contributed by atoms with Gasteiger partial charge >= 0.3 is 0 Å². The van der Waals surface area contributed by atoms with E-state index in [1.165, 1.54) is 25.7 Å². The zero-order valence-electron chi connectivity index (χ0n) is 18.0. The molecule has 0 unspecified atom stereocenters. The van der Waals surface area contributed by atoms with E-state index in [1.54, 1.807) is 12.0 Å². The van der Waals surface area contributed by atoms with E-state index in [0.717, 1.165) is 36.2 Å². The molecular weight excluding hydrogens is 328 g/mol. The SMILES string of the molecule is C/C=C(/CCC)SC(CC)CC.CC.CCc1ccc(CCOC)o1. The largest absolute Gasteiger partial charge is 0.466 e. The van der Waals surface area contributed by atoms with Crippen molar-refractivity contribution in [3.63, 3.8) is 0 Å². The lowest BCUT2D eigenvalue weighted by molar-refractivity contribution is 0.196. The first-order chi connectivity index (χ1) is 12.1. The fraction of sp³-hybridized carbons (Fsp3) is 0.727. The second kappa shape index (κ2) is 19.7. The van der Waals surface area contributed by atoms with Gasteiger partial charge in [0.15, 0.2) is 0 Å². The van der Waals surface area contributed by atoms with Crippen LogP contribution in [-0.2, 0) is 17.6 Å². The summed E-state index contributed by atoms with van der Waals surface area (Å²) in [6.45, 7) is 15.8. The fourth-order valence-electron chi connectivity index (χ4n) is 2.14. The zero-order valence-corrected chi connectivity index (χ0v) is 18.8. The van der Waals surface area contributed by atoms with Crippen LogP contribution in [0.1, 0.15) is 85.7 Å². The van der Waals surface area contributed by atoms with Gasteiger partial charge in [0.05, 0.1) is 6.61 Å². The van der Waals surface area contributed by atoms with Gasteiger partial charge in [-0.25, -0.2) is 0 Å². The van der Waals surface area contributed by atoms with E-state index < -0.39 is 0 Å². The third kappa shape index (κ3) is 14.2. The maximum absolute atomic E-state index is 5.45. The van der Waals surface area contributed by atoms with Crippen molar-refractivity contribution in [2.24, 2.45) is 0 Å². The molecule has 1 heterocycles. The Morgan fingerprint density at radius 1 is 1.12 bits per heavy atom. The van der Waals surface area contributed by atoms with Gasteiger partial charge in [0.2, 0.25) is 0 Å². The Bertz CT molecular complexity index is 406. The normalized spacial score (nSPS) is 10.8. The first-order valence-electron chi connectivity index (χ1n) is 10.0. The summed E-state index contributed by atoms with van der Waals surface area (Å²) in [6.07, 6.45) is 9.23. The number of ether oxygens (including phenoxy) is 1. The molecule has 0 fully saturated rings. The van der Waals surface area contributed by atoms with Crippen molar-refractivity contribution in [2.75, 3.05) is 13.7 Å². The van der Waals surface area contributed by atoms with Crippen LogP contribution in [-0.4, -0.2) is 19.0 Å². The second-order valence-electron chi connectivity index (χ2n) is 5.53. The van der Waals surface area contributed by atoms with Gasteiger partial charge in [-0.15, -0.1) is 11.8 Å². The number of allylic oxidation sites excluding steroid dienone is 2. The molecule has 25 heavy (non-hydrogen) atoms. The second-order valence-corrected chi connectivity index (χ2v) is 6.95. The van der Waals surface area contributed by atoms with Crippen LogP contribution < -0.4 is 0 Å². The summed E-state index contributed by atoms with van der Waals surface area (Å²) in [7, 11) is 1.70. The Balaban J connectivity index is 0. The molecule has 0 spiro atoms. The topological polar surface area (TPSA) is 22.4 Å². The van der Waals surface area contributed by atoms with Crippen molar-refractivity contribution in [3.8, 4) is 0 Å². The molecular formula is C22H42O2S. The van der Waals surface area contributed by atoms with Crippen LogP contribution in [0.3, 0.4) is 0 Å². The molecule has 148 valence electrons. The van der Waals surface area contributed by atoms with Crippen molar-refractivity contribution in [1.29, 1.82) is 0 Å². The number of thioether (sulfide) groups is 1. The predicted octanol–water partition coefficient (Wildman–Crippen LogP) is 7.67. The summed E-state index contributed by atoms with van der Waals surface area (Å²) in [6, 6.07) is 4.03. The van der Waals surface area contributed by atoms with Crippen molar-refractivity contribution in [2.45, 2.75) is 92.2 Å². The number of furan rings is 1. The van der Waals surface area contributed by atoms with Crippen LogP contribution in [0, 0.1) is 0 Å². The molecule has 0 aliphatic heterocycles. The molecule has 0 bridgehead atoms. The lowest BCUT2D eigenvalue weighted by Crippen LogP contribution is -1.98. The van der Waals surface area contributed by atoms with Crippen molar-refractivity contribution in [3.05, 3.63) is 34.6 Å². The molecule has 1 aromatic rings. The van der Waals surface area contributed by atoms with Crippen LogP contribution in [0.2, 0.25) is 0 Å². The van der Waals surface area contributed by atoms with Crippen molar-refractivity contribution in [1.82, 2.24) is 0 Å². The van der Waals surface area contributed by atoms with Gasteiger partial charge < -0.3 is 9.15 Å². The maximum Gasteiger partial charge on any atom is 0.106 e. The van der Waals surface area contributed by atoms with E-state index in [4.69, 9.17) is 9.15 Å². The first kappa shape index (κ1) is 26.6. The molecule has 0 amide bonds. The third-order valence-corrected chi connectivity index (χ3v) is 5.41. The van der Waals surface area contributed by atoms with Crippen LogP contribution in [0.15, 0.2) is 27.5 Å². The van der Waals surface area contributed by atoms with Gasteiger partial charge in [0.25, 0.3) is 0 Å². The van der Waals surface area contributed by atoms with Crippen molar-refractivity contribution < 1.29 is 9.15 Å². The first-order valence-corrected chi connectivity index (χ1v) is 10.9. The van der Waals surface area contributed by atoms with E-state index in [2.05, 4.69) is 52.5 Å².